The van der Waals surface area contributed by atoms with Gasteiger partial charge in [0.05, 0.1) is 5.92 Å². The number of carbonyl (C=O) groups excluding carboxylic acids is 1. The Labute approximate surface area is 120 Å². The van der Waals surface area contributed by atoms with Crippen molar-refractivity contribution >= 4 is 34.2 Å². The smallest absolute Gasteiger partial charge is 0.224 e. The molecule has 100 valence electrons. The maximum absolute atomic E-state index is 12.9. The first kappa shape index (κ1) is 15.4. The van der Waals surface area contributed by atoms with Gasteiger partial charge in [-0.2, -0.15) is 0 Å². The van der Waals surface area contributed by atoms with Crippen LogP contribution in [0.5, 0.6) is 0 Å². The van der Waals surface area contributed by atoms with Crippen molar-refractivity contribution in [2.45, 2.75) is 13.0 Å². The highest BCUT2D eigenvalue weighted by Gasteiger charge is 2.21. The van der Waals surface area contributed by atoms with Crippen LogP contribution in [0.25, 0.3) is 0 Å². The summed E-state index contributed by atoms with van der Waals surface area (Å²) in [6.45, 7) is 2.07. The third kappa shape index (κ3) is 3.93. The van der Waals surface area contributed by atoms with Gasteiger partial charge in [-0.1, -0.05) is 22.0 Å². The van der Waals surface area contributed by atoms with E-state index in [0.717, 1.165) is 25.1 Å². The molecule has 1 aromatic rings. The lowest BCUT2D eigenvalue weighted by molar-refractivity contribution is -0.124. The van der Waals surface area contributed by atoms with Crippen molar-refractivity contribution in [1.82, 2.24) is 10.6 Å². The van der Waals surface area contributed by atoms with Crippen molar-refractivity contribution < 1.29 is 9.18 Å². The Balaban J connectivity index is 0.00000162. The molecule has 0 radical (unpaired) electrons. The van der Waals surface area contributed by atoms with Crippen LogP contribution < -0.4 is 10.6 Å². The van der Waals surface area contributed by atoms with Crippen LogP contribution >= 0.6 is 28.3 Å². The van der Waals surface area contributed by atoms with Gasteiger partial charge in [-0.15, -0.1) is 12.4 Å². The second-order valence-electron chi connectivity index (χ2n) is 4.14. The zero-order valence-electron chi connectivity index (χ0n) is 9.71. The average molecular weight is 338 g/mol. The van der Waals surface area contributed by atoms with E-state index in [9.17, 15) is 9.18 Å². The number of carbonyl (C=O) groups is 1. The first-order valence-corrected chi connectivity index (χ1v) is 6.38. The summed E-state index contributed by atoms with van der Waals surface area (Å²) in [5.74, 6) is -0.160. The molecule has 1 aliphatic rings. The van der Waals surface area contributed by atoms with E-state index in [2.05, 4.69) is 26.6 Å². The summed E-state index contributed by atoms with van der Waals surface area (Å²) in [5, 5.41) is 6.02. The maximum atomic E-state index is 12.9. The van der Waals surface area contributed by atoms with Crippen LogP contribution in [0, 0.1) is 11.7 Å². The largest absolute Gasteiger partial charge is 0.352 e. The van der Waals surface area contributed by atoms with Gasteiger partial charge in [0.25, 0.3) is 0 Å². The molecular weight excluding hydrogens is 323 g/mol. The quantitative estimate of drug-likeness (QED) is 0.888. The van der Waals surface area contributed by atoms with Gasteiger partial charge in [0.1, 0.15) is 5.82 Å². The average Bonchev–Trinajstić information content (AvgIpc) is 2.81. The fourth-order valence-corrected chi connectivity index (χ4v) is 2.36. The van der Waals surface area contributed by atoms with Gasteiger partial charge in [-0.3, -0.25) is 4.79 Å². The van der Waals surface area contributed by atoms with Crippen molar-refractivity contribution in [3.63, 3.8) is 0 Å². The Bertz CT molecular complexity index is 425. The van der Waals surface area contributed by atoms with Gasteiger partial charge in [0.2, 0.25) is 5.91 Å². The highest BCUT2D eigenvalue weighted by atomic mass is 79.9. The molecule has 1 atom stereocenters. The fraction of sp³-hybridized carbons (Fsp3) is 0.417. The van der Waals surface area contributed by atoms with E-state index in [0.29, 0.717) is 11.0 Å². The maximum Gasteiger partial charge on any atom is 0.224 e. The fourth-order valence-electron chi connectivity index (χ4n) is 1.87. The van der Waals surface area contributed by atoms with Crippen molar-refractivity contribution in [2.24, 2.45) is 5.92 Å². The van der Waals surface area contributed by atoms with Gasteiger partial charge in [0, 0.05) is 17.6 Å². The van der Waals surface area contributed by atoms with Crippen LogP contribution in [-0.4, -0.2) is 19.0 Å². The minimum Gasteiger partial charge on any atom is -0.352 e. The lowest BCUT2D eigenvalue weighted by Gasteiger charge is -2.10. The number of hydrogen-bond acceptors (Lipinski definition) is 2. The normalized spacial score (nSPS) is 18.2. The molecule has 3 nitrogen and oxygen atoms in total. The third-order valence-corrected chi connectivity index (χ3v) is 3.64. The molecule has 1 aromatic carbocycles. The van der Waals surface area contributed by atoms with Crippen molar-refractivity contribution in [3.8, 4) is 0 Å². The Morgan fingerprint density at radius 3 is 2.94 bits per heavy atom. The molecule has 2 N–H and O–H groups in total. The molecule has 1 fully saturated rings. The van der Waals surface area contributed by atoms with Crippen molar-refractivity contribution in [3.05, 3.63) is 34.1 Å². The SMILES string of the molecule is Cl.O=C(NCc1ccc(F)cc1Br)C1CCNC1. The van der Waals surface area contributed by atoms with E-state index in [4.69, 9.17) is 0 Å². The summed E-state index contributed by atoms with van der Waals surface area (Å²) < 4.78 is 13.5. The summed E-state index contributed by atoms with van der Waals surface area (Å²) in [7, 11) is 0. The second-order valence-corrected chi connectivity index (χ2v) is 5.00. The molecule has 18 heavy (non-hydrogen) atoms. The minimum atomic E-state index is -0.285. The molecule has 2 rings (SSSR count). The molecule has 0 aliphatic carbocycles. The Kier molecular flexibility index (Phi) is 6.05. The lowest BCUT2D eigenvalue weighted by Crippen LogP contribution is -2.31. The molecule has 0 bridgehead atoms. The number of nitrogens with one attached hydrogen (secondary N) is 2. The molecular formula is C12H15BrClFN2O. The van der Waals surface area contributed by atoms with Crippen LogP contribution in [-0.2, 0) is 11.3 Å². The molecule has 0 spiro atoms. The highest BCUT2D eigenvalue weighted by molar-refractivity contribution is 9.10. The van der Waals surface area contributed by atoms with Crippen LogP contribution in [0.1, 0.15) is 12.0 Å². The zero-order valence-corrected chi connectivity index (χ0v) is 12.1. The van der Waals surface area contributed by atoms with Gasteiger partial charge in [-0.05, 0) is 30.7 Å². The van der Waals surface area contributed by atoms with Crippen LogP contribution in [0.3, 0.4) is 0 Å². The molecule has 6 heteroatoms. The van der Waals surface area contributed by atoms with E-state index >= 15 is 0 Å². The first-order valence-electron chi connectivity index (χ1n) is 5.59. The Morgan fingerprint density at radius 2 is 2.33 bits per heavy atom. The predicted molar refractivity (Wildman–Crippen MR) is 74.2 cm³/mol. The number of amides is 1. The van der Waals surface area contributed by atoms with Gasteiger partial charge in [0.15, 0.2) is 0 Å². The predicted octanol–water partition coefficient (Wildman–Crippen LogP) is 2.24. The summed E-state index contributed by atoms with van der Waals surface area (Å²) in [4.78, 5) is 11.8. The summed E-state index contributed by atoms with van der Waals surface area (Å²) in [5.41, 5.74) is 0.880. The monoisotopic (exact) mass is 336 g/mol. The lowest BCUT2D eigenvalue weighted by atomic mass is 10.1. The Hall–Kier alpha value is -0.650. The van der Waals surface area contributed by atoms with Gasteiger partial charge < -0.3 is 10.6 Å². The molecule has 1 heterocycles. The number of hydrogen-bond donors (Lipinski definition) is 2. The number of benzene rings is 1. The topological polar surface area (TPSA) is 41.1 Å². The van der Waals surface area contributed by atoms with Gasteiger partial charge >= 0.3 is 0 Å². The third-order valence-electron chi connectivity index (χ3n) is 2.90. The molecule has 0 aromatic heterocycles. The van der Waals surface area contributed by atoms with Crippen molar-refractivity contribution in [2.75, 3.05) is 13.1 Å². The van der Waals surface area contributed by atoms with Crippen molar-refractivity contribution in [1.29, 1.82) is 0 Å². The van der Waals surface area contributed by atoms with E-state index < -0.39 is 0 Å². The number of halogens is 3. The molecule has 0 saturated carbocycles. The molecule has 1 saturated heterocycles. The summed E-state index contributed by atoms with van der Waals surface area (Å²) in [6.07, 6.45) is 0.885. The molecule has 1 amide bonds. The van der Waals surface area contributed by atoms with Crippen LogP contribution in [0.15, 0.2) is 22.7 Å². The van der Waals surface area contributed by atoms with Gasteiger partial charge in [-0.25, -0.2) is 4.39 Å². The van der Waals surface area contributed by atoms with E-state index in [1.165, 1.54) is 12.1 Å². The molecule has 1 unspecified atom stereocenters. The zero-order chi connectivity index (χ0) is 12.3. The summed E-state index contributed by atoms with van der Waals surface area (Å²) >= 11 is 3.28. The Morgan fingerprint density at radius 1 is 1.56 bits per heavy atom. The van der Waals surface area contributed by atoms with Crippen LogP contribution in [0.4, 0.5) is 4.39 Å². The first-order chi connectivity index (χ1) is 8.16. The highest BCUT2D eigenvalue weighted by Crippen LogP contribution is 2.18. The van der Waals surface area contributed by atoms with E-state index in [1.807, 2.05) is 0 Å². The minimum absolute atomic E-state index is 0. The number of rotatable bonds is 3. The van der Waals surface area contributed by atoms with E-state index in [-0.39, 0.29) is 30.0 Å². The van der Waals surface area contributed by atoms with E-state index in [1.54, 1.807) is 6.07 Å². The van der Waals surface area contributed by atoms with Crippen LogP contribution in [0.2, 0.25) is 0 Å². The summed E-state index contributed by atoms with van der Waals surface area (Å²) in [6, 6.07) is 4.47. The standard InChI is InChI=1S/C12H14BrFN2O.ClH/c13-11-5-10(14)2-1-8(11)7-16-12(17)9-3-4-15-6-9;/h1-2,5,9,15H,3-4,6-7H2,(H,16,17);1H. The molecule has 1 aliphatic heterocycles. The second kappa shape index (κ2) is 7.07.